The maximum Gasteiger partial charge on any atom is 0.243 e. The molecule has 4 aromatic carbocycles. The van der Waals surface area contributed by atoms with Crippen molar-refractivity contribution in [2.45, 2.75) is 43.9 Å². The van der Waals surface area contributed by atoms with E-state index in [4.69, 9.17) is 9.97 Å². The van der Waals surface area contributed by atoms with Gasteiger partial charge in [-0.25, -0.2) is 26.8 Å². The molecule has 2 fully saturated rings. The number of anilines is 2. The molecule has 2 aromatic heterocycles. The van der Waals surface area contributed by atoms with Gasteiger partial charge in [0, 0.05) is 74.2 Å². The summed E-state index contributed by atoms with van der Waals surface area (Å²) in [5.74, 6) is 0. The Balaban J connectivity index is 0.000000174. The number of hydrogen-bond acceptors (Lipinski definition) is 10. The molecule has 8 rings (SSSR count). The lowest BCUT2D eigenvalue weighted by Gasteiger charge is -2.33. The Morgan fingerprint density at radius 3 is 1.18 bits per heavy atom. The van der Waals surface area contributed by atoms with E-state index in [1.54, 1.807) is 55.5 Å². The van der Waals surface area contributed by atoms with E-state index >= 15 is 0 Å². The lowest BCUT2D eigenvalue weighted by Crippen LogP contribution is -2.48. The van der Waals surface area contributed by atoms with Gasteiger partial charge < -0.3 is 9.80 Å². The van der Waals surface area contributed by atoms with Crippen LogP contribution in [0.3, 0.4) is 0 Å². The van der Waals surface area contributed by atoms with E-state index in [2.05, 4.69) is 82.9 Å². The van der Waals surface area contributed by atoms with E-state index in [1.165, 1.54) is 11.1 Å². The molecule has 0 radical (unpaired) electrons. The first-order chi connectivity index (χ1) is 27.4. The molecule has 57 heavy (non-hydrogen) atoms. The van der Waals surface area contributed by atoms with Crippen molar-refractivity contribution in [1.82, 2.24) is 18.6 Å². The summed E-state index contributed by atoms with van der Waals surface area (Å²) in [6, 6.07) is 31.0. The van der Waals surface area contributed by atoms with Crippen LogP contribution in [0.2, 0.25) is 0 Å². The quantitative estimate of drug-likeness (QED) is 0.144. The maximum absolute atomic E-state index is 12.9. The second kappa shape index (κ2) is 17.6. The zero-order chi connectivity index (χ0) is 40.2. The van der Waals surface area contributed by atoms with Gasteiger partial charge in [-0.1, -0.05) is 96.4 Å². The van der Waals surface area contributed by atoms with Crippen molar-refractivity contribution in [2.24, 2.45) is 0 Å². The average Bonchev–Trinajstić information content (AvgIpc) is 3.94. The minimum atomic E-state index is -3.44. The van der Waals surface area contributed by atoms with Crippen molar-refractivity contribution in [3.05, 3.63) is 130 Å². The number of nitrogens with zero attached hydrogens (tertiary/aromatic N) is 6. The topological polar surface area (TPSA) is 107 Å². The molecule has 0 atom stereocenters. The Morgan fingerprint density at radius 2 is 0.825 bits per heavy atom. The highest BCUT2D eigenvalue weighted by atomic mass is 32.2. The van der Waals surface area contributed by atoms with Crippen LogP contribution in [-0.4, -0.2) is 87.8 Å². The fraction of sp³-hybridized carbons (Fsp3) is 0.302. The fourth-order valence-corrected chi connectivity index (χ4v) is 11.3. The number of aromatic nitrogens is 2. The van der Waals surface area contributed by atoms with Crippen LogP contribution >= 0.6 is 22.7 Å². The smallest absolute Gasteiger partial charge is 0.243 e. The van der Waals surface area contributed by atoms with Gasteiger partial charge in [0.25, 0.3) is 0 Å². The van der Waals surface area contributed by atoms with Crippen LogP contribution in [0.1, 0.15) is 29.2 Å². The average molecular weight is 841 g/mol. The first kappa shape index (κ1) is 40.7. The number of benzene rings is 4. The predicted molar refractivity (Wildman–Crippen MR) is 234 cm³/mol. The van der Waals surface area contributed by atoms with Crippen molar-refractivity contribution in [1.29, 1.82) is 0 Å². The first-order valence-electron chi connectivity index (χ1n) is 19.1. The van der Waals surface area contributed by atoms with E-state index in [1.807, 2.05) is 38.1 Å². The fourth-order valence-electron chi connectivity index (χ4n) is 6.68. The Kier molecular flexibility index (Phi) is 12.6. The van der Waals surface area contributed by atoms with Crippen molar-refractivity contribution in [3.8, 4) is 22.5 Å². The normalized spacial score (nSPS) is 15.6. The zero-order valence-electron chi connectivity index (χ0n) is 32.7. The standard InChI is InChI=1S/C22H25N3O2S2.C21H23N3O2S2/c1-3-18-6-8-19(9-7-18)21-16-28-22(23-21)24-12-14-25(15-13-24)29(26,27)20-10-4-17(2)5-11-20;1-16-3-7-18(8-4-16)20-15-27-21(22-20)23-11-13-24(14-12-23)28(25,26)19-9-5-17(2)6-10-19/h4-11,16H,3,12-15H2,1-2H3;3-10,15H,11-14H2,1-2H3. The Labute approximate surface area is 345 Å². The van der Waals surface area contributed by atoms with Crippen LogP contribution in [0.25, 0.3) is 22.5 Å². The Bertz CT molecular complexity index is 2470. The highest BCUT2D eigenvalue weighted by Crippen LogP contribution is 2.31. The Morgan fingerprint density at radius 1 is 0.491 bits per heavy atom. The molecule has 0 spiro atoms. The van der Waals surface area contributed by atoms with Crippen molar-refractivity contribution in [3.63, 3.8) is 0 Å². The SMILES string of the molecule is CCc1ccc(-c2csc(N3CCN(S(=O)(=O)c4ccc(C)cc4)CC3)n2)cc1.Cc1ccc(-c2csc(N3CCN(S(=O)(=O)c4ccc(C)cc4)CC3)n2)cc1. The van der Waals surface area contributed by atoms with Gasteiger partial charge >= 0.3 is 0 Å². The van der Waals surface area contributed by atoms with Crippen LogP contribution in [-0.2, 0) is 26.5 Å². The summed E-state index contributed by atoms with van der Waals surface area (Å²) in [6.45, 7) is 12.6. The highest BCUT2D eigenvalue weighted by Gasteiger charge is 2.31. The highest BCUT2D eigenvalue weighted by molar-refractivity contribution is 7.89. The summed E-state index contributed by atoms with van der Waals surface area (Å²) in [7, 11) is -6.88. The molecule has 0 saturated carbocycles. The lowest BCUT2D eigenvalue weighted by molar-refractivity contribution is 0.384. The summed E-state index contributed by atoms with van der Waals surface area (Å²) in [5, 5.41) is 6.04. The number of sulfonamides is 2. The minimum Gasteiger partial charge on any atom is -0.345 e. The molecule has 4 heterocycles. The van der Waals surface area contributed by atoms with Crippen LogP contribution in [0, 0.1) is 20.8 Å². The second-order valence-corrected chi connectivity index (χ2v) is 19.9. The number of thiazole rings is 2. The largest absolute Gasteiger partial charge is 0.345 e. The molecule has 0 unspecified atom stereocenters. The number of aryl methyl sites for hydroxylation is 4. The van der Waals surface area contributed by atoms with E-state index in [0.717, 1.165) is 50.3 Å². The number of hydrogen-bond donors (Lipinski definition) is 0. The molecule has 0 N–H and O–H groups in total. The van der Waals surface area contributed by atoms with Crippen molar-refractivity contribution < 1.29 is 16.8 Å². The maximum atomic E-state index is 12.9. The van der Waals surface area contributed by atoms with Gasteiger partial charge in [-0.05, 0) is 57.0 Å². The van der Waals surface area contributed by atoms with Crippen LogP contribution in [0.5, 0.6) is 0 Å². The third-order valence-corrected chi connectivity index (χ3v) is 16.0. The third-order valence-electron chi connectivity index (χ3n) is 10.3. The van der Waals surface area contributed by atoms with Gasteiger partial charge in [0.1, 0.15) is 0 Å². The lowest BCUT2D eigenvalue weighted by atomic mass is 10.1. The summed E-state index contributed by atoms with van der Waals surface area (Å²) in [5.41, 5.74) is 8.81. The van der Waals surface area contributed by atoms with Gasteiger partial charge in [0.05, 0.1) is 21.2 Å². The summed E-state index contributed by atoms with van der Waals surface area (Å²) in [4.78, 5) is 14.6. The summed E-state index contributed by atoms with van der Waals surface area (Å²) >= 11 is 3.22. The predicted octanol–water partition coefficient (Wildman–Crippen LogP) is 8.13. The monoisotopic (exact) mass is 840 g/mol. The number of rotatable bonds is 9. The second-order valence-electron chi connectivity index (χ2n) is 14.4. The van der Waals surface area contributed by atoms with Gasteiger partial charge in [0.2, 0.25) is 20.0 Å². The molecular weight excluding hydrogens is 793 g/mol. The first-order valence-corrected chi connectivity index (χ1v) is 23.8. The summed E-state index contributed by atoms with van der Waals surface area (Å²) in [6.07, 6.45) is 1.03. The molecule has 298 valence electrons. The molecule has 0 aliphatic carbocycles. The molecular formula is C43H48N6O4S4. The van der Waals surface area contributed by atoms with Crippen LogP contribution in [0.15, 0.2) is 118 Å². The van der Waals surface area contributed by atoms with Gasteiger partial charge in [-0.2, -0.15) is 8.61 Å². The van der Waals surface area contributed by atoms with Gasteiger partial charge in [-0.15, -0.1) is 22.7 Å². The third kappa shape index (κ3) is 9.48. The Hall–Kier alpha value is -4.44. The molecule has 2 saturated heterocycles. The molecule has 2 aliphatic heterocycles. The van der Waals surface area contributed by atoms with Crippen LogP contribution < -0.4 is 9.80 Å². The molecule has 0 amide bonds. The van der Waals surface area contributed by atoms with E-state index in [0.29, 0.717) is 62.1 Å². The van der Waals surface area contributed by atoms with Crippen LogP contribution in [0.4, 0.5) is 10.3 Å². The molecule has 6 aromatic rings. The van der Waals surface area contributed by atoms with Gasteiger partial charge in [-0.3, -0.25) is 0 Å². The molecule has 0 bridgehead atoms. The van der Waals surface area contributed by atoms with Crippen molar-refractivity contribution >= 4 is 53.0 Å². The van der Waals surface area contributed by atoms with Gasteiger partial charge in [0.15, 0.2) is 10.3 Å². The zero-order valence-corrected chi connectivity index (χ0v) is 36.0. The minimum absolute atomic E-state index is 0.363. The molecule has 14 heteroatoms. The van der Waals surface area contributed by atoms with E-state index in [-0.39, 0.29) is 0 Å². The van der Waals surface area contributed by atoms with E-state index < -0.39 is 20.0 Å². The van der Waals surface area contributed by atoms with E-state index in [9.17, 15) is 16.8 Å². The number of piperazine rings is 2. The summed E-state index contributed by atoms with van der Waals surface area (Å²) < 4.78 is 54.6. The molecule has 2 aliphatic rings. The molecule has 10 nitrogen and oxygen atoms in total. The van der Waals surface area contributed by atoms with Crippen molar-refractivity contribution in [2.75, 3.05) is 62.2 Å².